The Morgan fingerprint density at radius 3 is 2.57 bits per heavy atom. The first kappa shape index (κ1) is 16.2. The Morgan fingerprint density at radius 2 is 1.86 bits per heavy atom. The summed E-state index contributed by atoms with van der Waals surface area (Å²) in [4.78, 5) is 5.00. The van der Waals surface area contributed by atoms with E-state index in [0.717, 1.165) is 32.7 Å². The van der Waals surface area contributed by atoms with Crippen molar-refractivity contribution in [1.29, 1.82) is 0 Å². The molecule has 1 aromatic rings. The van der Waals surface area contributed by atoms with Gasteiger partial charge in [0.2, 0.25) is 0 Å². The Bertz CT molecular complexity index is 426. The number of hydrogen-bond donors (Lipinski definition) is 1. The van der Waals surface area contributed by atoms with Crippen LogP contribution in [0.25, 0.3) is 0 Å². The number of nitrogens with zero attached hydrogens (tertiary/aromatic N) is 2. The molecule has 0 aromatic heterocycles. The van der Waals surface area contributed by atoms with Crippen molar-refractivity contribution in [1.82, 2.24) is 4.90 Å². The number of fused-ring (bicyclic) bond motifs is 1. The van der Waals surface area contributed by atoms with E-state index in [0.29, 0.717) is 0 Å². The van der Waals surface area contributed by atoms with E-state index in [1.54, 1.807) is 0 Å². The Labute approximate surface area is 130 Å². The number of nitrogens with one attached hydrogen (secondary N) is 1. The van der Waals surface area contributed by atoms with Crippen LogP contribution in [0.2, 0.25) is 0 Å². The molecule has 118 valence electrons. The van der Waals surface area contributed by atoms with E-state index in [2.05, 4.69) is 54.1 Å². The van der Waals surface area contributed by atoms with Crippen molar-refractivity contribution in [2.45, 2.75) is 40.0 Å². The molecule has 3 heteroatoms. The molecular weight excluding hydrogens is 258 g/mol. The minimum atomic E-state index is 1.08. The summed E-state index contributed by atoms with van der Waals surface area (Å²) in [6.45, 7) is 13.6. The van der Waals surface area contributed by atoms with Crippen LogP contribution in [-0.2, 0) is 6.42 Å². The fourth-order valence-corrected chi connectivity index (χ4v) is 3.14. The third-order valence-corrected chi connectivity index (χ3v) is 4.58. The summed E-state index contributed by atoms with van der Waals surface area (Å²) in [5.74, 6) is 0. The van der Waals surface area contributed by atoms with Gasteiger partial charge < -0.3 is 15.1 Å². The van der Waals surface area contributed by atoms with E-state index in [1.807, 2.05) is 0 Å². The van der Waals surface area contributed by atoms with Crippen LogP contribution in [0.4, 0.5) is 11.4 Å². The van der Waals surface area contributed by atoms with E-state index < -0.39 is 0 Å². The molecule has 1 heterocycles. The minimum absolute atomic E-state index is 1.08. The maximum Gasteiger partial charge on any atom is 0.0393 e. The summed E-state index contributed by atoms with van der Waals surface area (Å²) >= 11 is 0. The average molecular weight is 289 g/mol. The quantitative estimate of drug-likeness (QED) is 0.789. The predicted octanol–water partition coefficient (Wildman–Crippen LogP) is 3.60. The van der Waals surface area contributed by atoms with Gasteiger partial charge in [-0.1, -0.05) is 19.9 Å². The molecule has 0 saturated carbocycles. The Kier molecular flexibility index (Phi) is 6.37. The molecule has 0 radical (unpaired) electrons. The molecule has 3 nitrogen and oxygen atoms in total. The lowest BCUT2D eigenvalue weighted by molar-refractivity contribution is 0.301. The Hall–Kier alpha value is -1.22. The normalized spacial score (nSPS) is 13.9. The van der Waals surface area contributed by atoms with Crippen molar-refractivity contribution in [2.24, 2.45) is 0 Å². The molecule has 0 spiro atoms. The van der Waals surface area contributed by atoms with Crippen molar-refractivity contribution < 1.29 is 0 Å². The van der Waals surface area contributed by atoms with Gasteiger partial charge in [0.25, 0.3) is 0 Å². The molecule has 21 heavy (non-hydrogen) atoms. The highest BCUT2D eigenvalue weighted by molar-refractivity contribution is 5.63. The fourth-order valence-electron chi connectivity index (χ4n) is 3.14. The van der Waals surface area contributed by atoms with Crippen LogP contribution < -0.4 is 10.2 Å². The van der Waals surface area contributed by atoms with Gasteiger partial charge in [-0.15, -0.1) is 0 Å². The highest BCUT2D eigenvalue weighted by Crippen LogP contribution is 2.27. The summed E-state index contributed by atoms with van der Waals surface area (Å²) < 4.78 is 0. The first-order chi connectivity index (χ1) is 10.3. The molecule has 1 aromatic carbocycles. The van der Waals surface area contributed by atoms with Gasteiger partial charge in [-0.3, -0.25) is 0 Å². The zero-order chi connectivity index (χ0) is 15.1. The second-order valence-electron chi connectivity index (χ2n) is 5.83. The van der Waals surface area contributed by atoms with Crippen molar-refractivity contribution in [3.05, 3.63) is 23.8 Å². The first-order valence-corrected chi connectivity index (χ1v) is 8.62. The van der Waals surface area contributed by atoms with E-state index in [-0.39, 0.29) is 0 Å². The second-order valence-corrected chi connectivity index (χ2v) is 5.83. The van der Waals surface area contributed by atoms with Gasteiger partial charge in [0.15, 0.2) is 0 Å². The first-order valence-electron chi connectivity index (χ1n) is 8.62. The van der Waals surface area contributed by atoms with E-state index in [4.69, 9.17) is 0 Å². The lowest BCUT2D eigenvalue weighted by Gasteiger charge is -2.27. The van der Waals surface area contributed by atoms with Crippen LogP contribution in [0, 0.1) is 0 Å². The minimum Gasteiger partial charge on any atom is -0.385 e. The number of aryl methyl sites for hydroxylation is 1. The molecule has 1 N–H and O–H groups in total. The standard InChI is InChI=1S/C18H31N3/c1-4-20(5-2)13-8-14-21(6-3)17-11-10-16-9-7-12-19-18(16)15-17/h10-11,15,19H,4-9,12-14H2,1-3H3. The van der Waals surface area contributed by atoms with Gasteiger partial charge in [-0.2, -0.15) is 0 Å². The lowest BCUT2D eigenvalue weighted by Crippen LogP contribution is -2.30. The van der Waals surface area contributed by atoms with Crippen LogP contribution in [0.3, 0.4) is 0 Å². The van der Waals surface area contributed by atoms with E-state index in [9.17, 15) is 0 Å². The van der Waals surface area contributed by atoms with Gasteiger partial charge >= 0.3 is 0 Å². The molecular formula is C18H31N3. The Balaban J connectivity index is 1.94. The van der Waals surface area contributed by atoms with Gasteiger partial charge in [0, 0.05) is 31.0 Å². The molecule has 1 aliphatic heterocycles. The van der Waals surface area contributed by atoms with Crippen LogP contribution in [0.15, 0.2) is 18.2 Å². The summed E-state index contributed by atoms with van der Waals surface area (Å²) in [5, 5.41) is 3.54. The fraction of sp³-hybridized carbons (Fsp3) is 0.667. The summed E-state index contributed by atoms with van der Waals surface area (Å²) in [6, 6.07) is 6.95. The van der Waals surface area contributed by atoms with Gasteiger partial charge in [-0.05, 0) is 63.5 Å². The summed E-state index contributed by atoms with van der Waals surface area (Å²) in [6.07, 6.45) is 3.71. The smallest absolute Gasteiger partial charge is 0.0393 e. The van der Waals surface area contributed by atoms with Crippen molar-refractivity contribution in [2.75, 3.05) is 49.5 Å². The molecule has 0 aliphatic carbocycles. The molecule has 0 fully saturated rings. The molecule has 0 unspecified atom stereocenters. The van der Waals surface area contributed by atoms with Gasteiger partial charge in [0.05, 0.1) is 0 Å². The second kappa shape index (κ2) is 8.28. The SMILES string of the molecule is CCN(CC)CCCN(CC)c1ccc2c(c1)NCCC2. The highest BCUT2D eigenvalue weighted by atomic mass is 15.1. The number of benzene rings is 1. The maximum atomic E-state index is 3.54. The molecule has 2 rings (SSSR count). The average Bonchev–Trinajstić information content (AvgIpc) is 2.55. The Morgan fingerprint density at radius 1 is 1.05 bits per heavy atom. The van der Waals surface area contributed by atoms with Crippen molar-refractivity contribution >= 4 is 11.4 Å². The number of anilines is 2. The third-order valence-electron chi connectivity index (χ3n) is 4.58. The molecule has 0 amide bonds. The molecule has 1 aliphatic rings. The zero-order valence-electron chi connectivity index (χ0n) is 14.0. The van der Waals surface area contributed by atoms with Gasteiger partial charge in [-0.25, -0.2) is 0 Å². The van der Waals surface area contributed by atoms with Crippen LogP contribution in [0.5, 0.6) is 0 Å². The summed E-state index contributed by atoms with van der Waals surface area (Å²) in [5.41, 5.74) is 4.19. The number of hydrogen-bond acceptors (Lipinski definition) is 3. The zero-order valence-corrected chi connectivity index (χ0v) is 14.0. The third kappa shape index (κ3) is 4.37. The maximum absolute atomic E-state index is 3.54. The van der Waals surface area contributed by atoms with E-state index in [1.165, 1.54) is 42.7 Å². The lowest BCUT2D eigenvalue weighted by atomic mass is 10.0. The van der Waals surface area contributed by atoms with Crippen molar-refractivity contribution in [3.8, 4) is 0 Å². The summed E-state index contributed by atoms with van der Waals surface area (Å²) in [7, 11) is 0. The molecule has 0 bridgehead atoms. The van der Waals surface area contributed by atoms with Crippen molar-refractivity contribution in [3.63, 3.8) is 0 Å². The van der Waals surface area contributed by atoms with Crippen LogP contribution >= 0.6 is 0 Å². The number of rotatable bonds is 8. The van der Waals surface area contributed by atoms with Gasteiger partial charge in [0.1, 0.15) is 0 Å². The largest absolute Gasteiger partial charge is 0.385 e. The predicted molar refractivity (Wildman–Crippen MR) is 93.5 cm³/mol. The van der Waals surface area contributed by atoms with Crippen LogP contribution in [0.1, 0.15) is 39.2 Å². The molecule has 0 atom stereocenters. The van der Waals surface area contributed by atoms with E-state index >= 15 is 0 Å². The van der Waals surface area contributed by atoms with Crippen LogP contribution in [-0.4, -0.2) is 44.2 Å². The highest BCUT2D eigenvalue weighted by Gasteiger charge is 2.11. The monoisotopic (exact) mass is 289 g/mol. The topological polar surface area (TPSA) is 18.5 Å². The molecule has 0 saturated heterocycles.